The molecule has 0 radical (unpaired) electrons. The molecule has 1 unspecified atom stereocenters. The molecule has 0 bridgehead atoms. The van der Waals surface area contributed by atoms with Gasteiger partial charge in [0.15, 0.2) is 0 Å². The molecule has 0 aromatic heterocycles. The van der Waals surface area contributed by atoms with Gasteiger partial charge in [-0.1, -0.05) is 19.8 Å². The molecule has 0 amide bonds. The van der Waals surface area contributed by atoms with Crippen molar-refractivity contribution in [2.24, 2.45) is 0 Å². The summed E-state index contributed by atoms with van der Waals surface area (Å²) in [6, 6.07) is 0. The first kappa shape index (κ1) is 13.3. The molecule has 1 heterocycles. The summed E-state index contributed by atoms with van der Waals surface area (Å²) in [5.74, 6) is 0.605. The van der Waals surface area contributed by atoms with E-state index in [1.165, 1.54) is 25.8 Å². The van der Waals surface area contributed by atoms with E-state index in [1.54, 1.807) is 0 Å². The van der Waals surface area contributed by atoms with E-state index < -0.39 is 0 Å². The summed E-state index contributed by atoms with van der Waals surface area (Å²) < 4.78 is 5.89. The quantitative estimate of drug-likeness (QED) is 0.535. The lowest BCUT2D eigenvalue weighted by atomic mass is 10.1. The van der Waals surface area contributed by atoms with Crippen molar-refractivity contribution >= 4 is 11.6 Å². The highest BCUT2D eigenvalue weighted by molar-refractivity contribution is 6.18. The number of ether oxygens (including phenoxy) is 1. The molecule has 1 aliphatic rings. The first-order chi connectivity index (χ1) is 7.07. The van der Waals surface area contributed by atoms with Crippen LogP contribution in [0.2, 0.25) is 0 Å². The zero-order chi connectivity index (χ0) is 11.3. The van der Waals surface area contributed by atoms with Crippen LogP contribution in [0.25, 0.3) is 0 Å². The number of rotatable bonds is 5. The Hall–Kier alpha value is 0.210. The molecular formula is C12H24ClNO. The third kappa shape index (κ3) is 4.71. The highest BCUT2D eigenvalue weighted by Gasteiger charge is 2.32. The molecule has 0 aromatic rings. The smallest absolute Gasteiger partial charge is 0.0844 e. The minimum Gasteiger partial charge on any atom is -0.368 e. The van der Waals surface area contributed by atoms with Gasteiger partial charge in [0.1, 0.15) is 0 Å². The Bertz CT molecular complexity index is 184. The molecule has 1 aliphatic heterocycles. The second kappa shape index (κ2) is 6.07. The monoisotopic (exact) mass is 233 g/mol. The van der Waals surface area contributed by atoms with E-state index >= 15 is 0 Å². The number of morpholine rings is 1. The molecule has 15 heavy (non-hydrogen) atoms. The minimum absolute atomic E-state index is 0.0377. The summed E-state index contributed by atoms with van der Waals surface area (Å²) in [4.78, 5) is 2.49. The van der Waals surface area contributed by atoms with Gasteiger partial charge in [-0.15, -0.1) is 11.6 Å². The third-order valence-corrected chi connectivity index (χ3v) is 3.15. The van der Waals surface area contributed by atoms with Crippen LogP contribution < -0.4 is 0 Å². The first-order valence-corrected chi connectivity index (χ1v) is 6.57. The Kier molecular flexibility index (Phi) is 5.37. The van der Waals surface area contributed by atoms with Gasteiger partial charge >= 0.3 is 0 Å². The lowest BCUT2D eigenvalue weighted by molar-refractivity contribution is -0.127. The van der Waals surface area contributed by atoms with Crippen LogP contribution in [0.5, 0.6) is 0 Å². The number of nitrogens with zero attached hydrogens (tertiary/aromatic N) is 1. The maximum atomic E-state index is 5.89. The molecule has 1 fully saturated rings. The van der Waals surface area contributed by atoms with Gasteiger partial charge in [-0.05, 0) is 26.8 Å². The van der Waals surface area contributed by atoms with Crippen molar-refractivity contribution < 1.29 is 4.74 Å². The van der Waals surface area contributed by atoms with E-state index in [-0.39, 0.29) is 11.7 Å². The normalized spacial score (nSPS) is 26.8. The second-order valence-corrected chi connectivity index (χ2v) is 5.40. The van der Waals surface area contributed by atoms with Gasteiger partial charge < -0.3 is 4.74 Å². The number of unbranched alkanes of at least 4 members (excludes halogenated alkanes) is 2. The molecule has 0 saturated carbocycles. The van der Waals surface area contributed by atoms with Crippen molar-refractivity contribution in [1.82, 2.24) is 4.90 Å². The summed E-state index contributed by atoms with van der Waals surface area (Å²) in [7, 11) is 0. The van der Waals surface area contributed by atoms with Gasteiger partial charge in [0.05, 0.1) is 11.7 Å². The maximum absolute atomic E-state index is 5.89. The minimum atomic E-state index is -0.0377. The molecule has 0 N–H and O–H groups in total. The fourth-order valence-electron chi connectivity index (χ4n) is 2.25. The SMILES string of the molecule is CCCCCN1CC(CCl)OC(C)(C)C1. The van der Waals surface area contributed by atoms with E-state index in [0.717, 1.165) is 13.1 Å². The molecule has 1 saturated heterocycles. The van der Waals surface area contributed by atoms with Gasteiger partial charge in [0.2, 0.25) is 0 Å². The second-order valence-electron chi connectivity index (χ2n) is 5.10. The van der Waals surface area contributed by atoms with E-state index in [1.807, 2.05) is 0 Å². The van der Waals surface area contributed by atoms with Gasteiger partial charge in [0, 0.05) is 19.0 Å². The number of alkyl halides is 1. The number of hydrogen-bond donors (Lipinski definition) is 0. The molecule has 3 heteroatoms. The number of halogens is 1. The lowest BCUT2D eigenvalue weighted by Crippen LogP contribution is -2.53. The predicted molar refractivity (Wildman–Crippen MR) is 65.6 cm³/mol. The van der Waals surface area contributed by atoms with Crippen LogP contribution in [0, 0.1) is 0 Å². The molecular weight excluding hydrogens is 210 g/mol. The molecule has 0 aliphatic carbocycles. The van der Waals surface area contributed by atoms with Gasteiger partial charge in [-0.3, -0.25) is 4.90 Å². The Morgan fingerprint density at radius 2 is 2.13 bits per heavy atom. The molecule has 2 nitrogen and oxygen atoms in total. The van der Waals surface area contributed by atoms with Crippen molar-refractivity contribution in [3.8, 4) is 0 Å². The average Bonchev–Trinajstić information content (AvgIpc) is 2.16. The topological polar surface area (TPSA) is 12.5 Å². The van der Waals surface area contributed by atoms with Crippen molar-refractivity contribution in [2.45, 2.75) is 51.7 Å². The summed E-state index contributed by atoms with van der Waals surface area (Å²) in [5, 5.41) is 0. The van der Waals surface area contributed by atoms with Crippen molar-refractivity contribution in [1.29, 1.82) is 0 Å². The fourth-order valence-corrected chi connectivity index (χ4v) is 2.41. The molecule has 1 atom stereocenters. The highest BCUT2D eigenvalue weighted by Crippen LogP contribution is 2.21. The van der Waals surface area contributed by atoms with E-state index in [4.69, 9.17) is 16.3 Å². The Balaban J connectivity index is 2.36. The fraction of sp³-hybridized carbons (Fsp3) is 1.00. The largest absolute Gasteiger partial charge is 0.368 e. The molecule has 90 valence electrons. The summed E-state index contributed by atoms with van der Waals surface area (Å²) in [6.07, 6.45) is 4.11. The van der Waals surface area contributed by atoms with E-state index in [9.17, 15) is 0 Å². The van der Waals surface area contributed by atoms with Crippen LogP contribution in [0.3, 0.4) is 0 Å². The summed E-state index contributed by atoms with van der Waals surface area (Å²) >= 11 is 5.88. The van der Waals surface area contributed by atoms with Gasteiger partial charge in [0.25, 0.3) is 0 Å². The average molecular weight is 234 g/mol. The lowest BCUT2D eigenvalue weighted by Gasteiger charge is -2.42. The highest BCUT2D eigenvalue weighted by atomic mass is 35.5. The van der Waals surface area contributed by atoms with E-state index in [2.05, 4.69) is 25.7 Å². The summed E-state index contributed by atoms with van der Waals surface area (Å²) in [5.41, 5.74) is -0.0377. The Labute approximate surface area is 98.9 Å². The Morgan fingerprint density at radius 3 is 2.73 bits per heavy atom. The van der Waals surface area contributed by atoms with Crippen LogP contribution in [0.1, 0.15) is 40.0 Å². The Morgan fingerprint density at radius 1 is 1.40 bits per heavy atom. The maximum Gasteiger partial charge on any atom is 0.0844 e. The zero-order valence-electron chi connectivity index (χ0n) is 10.3. The molecule has 0 aromatic carbocycles. The van der Waals surface area contributed by atoms with Crippen LogP contribution in [0.15, 0.2) is 0 Å². The first-order valence-electron chi connectivity index (χ1n) is 6.03. The summed E-state index contributed by atoms with van der Waals surface area (Å²) in [6.45, 7) is 9.76. The zero-order valence-corrected chi connectivity index (χ0v) is 11.0. The van der Waals surface area contributed by atoms with Crippen LogP contribution in [-0.4, -0.2) is 42.1 Å². The predicted octanol–water partition coefficient (Wildman–Crippen LogP) is 2.89. The van der Waals surface area contributed by atoms with Crippen LogP contribution in [0.4, 0.5) is 0 Å². The van der Waals surface area contributed by atoms with Gasteiger partial charge in [-0.2, -0.15) is 0 Å². The van der Waals surface area contributed by atoms with Crippen molar-refractivity contribution in [2.75, 3.05) is 25.5 Å². The van der Waals surface area contributed by atoms with E-state index in [0.29, 0.717) is 5.88 Å². The molecule has 0 spiro atoms. The van der Waals surface area contributed by atoms with Crippen LogP contribution in [-0.2, 0) is 4.74 Å². The third-order valence-electron chi connectivity index (χ3n) is 2.80. The number of hydrogen-bond acceptors (Lipinski definition) is 2. The van der Waals surface area contributed by atoms with Crippen LogP contribution >= 0.6 is 11.6 Å². The van der Waals surface area contributed by atoms with Gasteiger partial charge in [-0.25, -0.2) is 0 Å². The molecule has 1 rings (SSSR count). The van der Waals surface area contributed by atoms with Crippen molar-refractivity contribution in [3.05, 3.63) is 0 Å². The van der Waals surface area contributed by atoms with Crippen molar-refractivity contribution in [3.63, 3.8) is 0 Å². The standard InChI is InChI=1S/C12H24ClNO/c1-4-5-6-7-14-9-11(8-13)15-12(2,3)10-14/h11H,4-10H2,1-3H3.